The van der Waals surface area contributed by atoms with Crippen LogP contribution in [0.4, 0.5) is 5.69 Å². The normalized spacial score (nSPS) is 12.5. The number of aliphatic carboxylic acids is 1. The van der Waals surface area contributed by atoms with Crippen LogP contribution in [-0.2, 0) is 19.6 Å². The Balaban J connectivity index is 2.66. The second kappa shape index (κ2) is 8.70. The van der Waals surface area contributed by atoms with Crippen molar-refractivity contribution in [1.29, 1.82) is 0 Å². The van der Waals surface area contributed by atoms with Crippen molar-refractivity contribution >= 4 is 27.6 Å². The van der Waals surface area contributed by atoms with Crippen LogP contribution in [0.3, 0.4) is 0 Å². The average molecular weight is 372 g/mol. The molecule has 2 N–H and O–H groups in total. The minimum Gasteiger partial charge on any atom is -0.491 e. The van der Waals surface area contributed by atoms with Crippen molar-refractivity contribution in [2.75, 3.05) is 24.1 Å². The average Bonchev–Trinajstić information content (AvgIpc) is 2.47. The third kappa shape index (κ3) is 7.42. The van der Waals surface area contributed by atoms with Crippen LogP contribution in [0.25, 0.3) is 0 Å². The van der Waals surface area contributed by atoms with E-state index in [9.17, 15) is 18.0 Å². The van der Waals surface area contributed by atoms with Crippen LogP contribution in [0.5, 0.6) is 5.75 Å². The maximum absolute atomic E-state index is 12.1. The molecule has 1 aromatic rings. The minimum absolute atomic E-state index is 0.00361. The maximum Gasteiger partial charge on any atom is 0.308 e. The minimum atomic E-state index is -3.90. The van der Waals surface area contributed by atoms with Crippen LogP contribution in [-0.4, -0.2) is 55.7 Å². The fourth-order valence-electron chi connectivity index (χ4n) is 1.95. The number of carbonyl (C=O) groups excluding carboxylic acids is 1. The summed E-state index contributed by atoms with van der Waals surface area (Å²) >= 11 is 0. The maximum atomic E-state index is 12.1. The largest absolute Gasteiger partial charge is 0.491 e. The molecule has 1 atom stereocenters. The standard InChI is InChI=1S/C16H24N2O6S/c1-11(2)24-14-7-5-13(6-8-14)17-25(22,23)10-15(19)18(4)9-12(3)16(20)21/h5-8,11-12,17H,9-10H2,1-4H3,(H,20,21). The monoisotopic (exact) mass is 372 g/mol. The Morgan fingerprint density at radius 2 is 1.76 bits per heavy atom. The second-order valence-corrected chi connectivity index (χ2v) is 7.79. The molecule has 0 fully saturated rings. The number of hydrogen-bond donors (Lipinski definition) is 2. The van der Waals surface area contributed by atoms with Crippen molar-refractivity contribution in [3.8, 4) is 5.75 Å². The molecule has 0 aliphatic carbocycles. The molecule has 0 spiro atoms. The van der Waals surface area contributed by atoms with Crippen molar-refractivity contribution < 1.29 is 27.9 Å². The number of carbonyl (C=O) groups is 2. The van der Waals surface area contributed by atoms with Crippen LogP contribution in [0.1, 0.15) is 20.8 Å². The molecule has 0 aliphatic heterocycles. The van der Waals surface area contributed by atoms with E-state index in [0.29, 0.717) is 11.4 Å². The molecule has 140 valence electrons. The summed E-state index contributed by atoms with van der Waals surface area (Å²) in [6.45, 7) is 5.14. The highest BCUT2D eigenvalue weighted by molar-refractivity contribution is 7.93. The molecular weight excluding hydrogens is 348 g/mol. The highest BCUT2D eigenvalue weighted by Gasteiger charge is 2.22. The molecule has 25 heavy (non-hydrogen) atoms. The van der Waals surface area contributed by atoms with Gasteiger partial charge in [0, 0.05) is 19.3 Å². The molecule has 9 heteroatoms. The van der Waals surface area contributed by atoms with Crippen molar-refractivity contribution in [3.05, 3.63) is 24.3 Å². The highest BCUT2D eigenvalue weighted by atomic mass is 32.2. The van der Waals surface area contributed by atoms with E-state index in [0.717, 1.165) is 4.90 Å². The van der Waals surface area contributed by atoms with Gasteiger partial charge in [-0.3, -0.25) is 14.3 Å². The summed E-state index contributed by atoms with van der Waals surface area (Å²) in [4.78, 5) is 23.9. The molecule has 1 aromatic carbocycles. The highest BCUT2D eigenvalue weighted by Crippen LogP contribution is 2.18. The smallest absolute Gasteiger partial charge is 0.308 e. The summed E-state index contributed by atoms with van der Waals surface area (Å²) < 4.78 is 32.0. The van der Waals surface area contributed by atoms with Crippen LogP contribution in [0.15, 0.2) is 24.3 Å². The summed E-state index contributed by atoms with van der Waals surface area (Å²) in [5, 5.41) is 8.84. The zero-order valence-electron chi connectivity index (χ0n) is 14.7. The van der Waals surface area contributed by atoms with E-state index in [4.69, 9.17) is 9.84 Å². The molecule has 0 aliphatic rings. The predicted molar refractivity (Wildman–Crippen MR) is 94.1 cm³/mol. The topological polar surface area (TPSA) is 113 Å². The number of amides is 1. The van der Waals surface area contributed by atoms with E-state index in [-0.39, 0.29) is 12.6 Å². The molecule has 0 saturated carbocycles. The molecule has 0 aromatic heterocycles. The molecule has 1 amide bonds. The number of carboxylic acids is 1. The first-order chi connectivity index (χ1) is 11.5. The lowest BCUT2D eigenvalue weighted by Crippen LogP contribution is -2.38. The van der Waals surface area contributed by atoms with Crippen molar-refractivity contribution in [2.45, 2.75) is 26.9 Å². The first-order valence-electron chi connectivity index (χ1n) is 7.74. The molecule has 8 nitrogen and oxygen atoms in total. The van der Waals surface area contributed by atoms with Crippen LogP contribution in [0.2, 0.25) is 0 Å². The van der Waals surface area contributed by atoms with Crippen LogP contribution >= 0.6 is 0 Å². The summed E-state index contributed by atoms with van der Waals surface area (Å²) in [6.07, 6.45) is 0.00361. The molecule has 1 rings (SSSR count). The SMILES string of the molecule is CC(C)Oc1ccc(NS(=O)(=O)CC(=O)N(C)CC(C)C(=O)O)cc1. The van der Waals surface area contributed by atoms with E-state index >= 15 is 0 Å². The van der Waals surface area contributed by atoms with E-state index in [1.54, 1.807) is 12.1 Å². The van der Waals surface area contributed by atoms with Gasteiger partial charge >= 0.3 is 5.97 Å². The number of sulfonamides is 1. The lowest BCUT2D eigenvalue weighted by molar-refractivity contribution is -0.142. The number of carboxylic acid groups (broad SMARTS) is 1. The van der Waals surface area contributed by atoms with E-state index in [1.807, 2.05) is 13.8 Å². The van der Waals surface area contributed by atoms with Gasteiger partial charge in [-0.1, -0.05) is 6.92 Å². The Kier molecular flexibility index (Phi) is 7.22. The van der Waals surface area contributed by atoms with E-state index in [1.165, 1.54) is 26.1 Å². The van der Waals surface area contributed by atoms with Gasteiger partial charge in [-0.2, -0.15) is 0 Å². The third-order valence-corrected chi connectivity index (χ3v) is 4.38. The lowest BCUT2D eigenvalue weighted by Gasteiger charge is -2.19. The van der Waals surface area contributed by atoms with Gasteiger partial charge in [-0.05, 0) is 38.1 Å². The number of ether oxygens (including phenoxy) is 1. The number of rotatable bonds is 9. The van der Waals surface area contributed by atoms with Gasteiger partial charge in [0.15, 0.2) is 0 Å². The van der Waals surface area contributed by atoms with Crippen molar-refractivity contribution in [2.24, 2.45) is 5.92 Å². The fraction of sp³-hybridized carbons (Fsp3) is 0.500. The number of benzene rings is 1. The van der Waals surface area contributed by atoms with Gasteiger partial charge in [-0.15, -0.1) is 0 Å². The molecule has 0 heterocycles. The second-order valence-electron chi connectivity index (χ2n) is 6.07. The number of hydrogen-bond acceptors (Lipinski definition) is 5. The molecule has 0 radical (unpaired) electrons. The summed E-state index contributed by atoms with van der Waals surface area (Å²) in [5.41, 5.74) is 0.311. The lowest BCUT2D eigenvalue weighted by atomic mass is 10.2. The van der Waals surface area contributed by atoms with Gasteiger partial charge in [0.25, 0.3) is 0 Å². The van der Waals surface area contributed by atoms with E-state index < -0.39 is 33.6 Å². The Morgan fingerprint density at radius 1 is 1.20 bits per heavy atom. The van der Waals surface area contributed by atoms with Crippen LogP contribution < -0.4 is 9.46 Å². The number of nitrogens with zero attached hydrogens (tertiary/aromatic N) is 1. The summed E-state index contributed by atoms with van der Waals surface area (Å²) in [5.74, 6) is -2.67. The van der Waals surface area contributed by atoms with Gasteiger partial charge in [0.2, 0.25) is 15.9 Å². The number of anilines is 1. The first kappa shape index (κ1) is 20.8. The fourth-order valence-corrected chi connectivity index (χ4v) is 3.07. The quantitative estimate of drug-likeness (QED) is 0.677. The summed E-state index contributed by atoms with van der Waals surface area (Å²) in [7, 11) is -2.53. The summed E-state index contributed by atoms with van der Waals surface area (Å²) in [6, 6.07) is 6.33. The Morgan fingerprint density at radius 3 is 2.24 bits per heavy atom. The van der Waals surface area contributed by atoms with Crippen molar-refractivity contribution in [3.63, 3.8) is 0 Å². The van der Waals surface area contributed by atoms with E-state index in [2.05, 4.69) is 4.72 Å². The number of nitrogens with one attached hydrogen (secondary N) is 1. The van der Waals surface area contributed by atoms with Gasteiger partial charge < -0.3 is 14.7 Å². The predicted octanol–water partition coefficient (Wildman–Crippen LogP) is 1.39. The van der Waals surface area contributed by atoms with Gasteiger partial charge in [-0.25, -0.2) is 8.42 Å². The van der Waals surface area contributed by atoms with Crippen molar-refractivity contribution in [1.82, 2.24) is 4.90 Å². The Labute approximate surface area is 147 Å². The molecule has 1 unspecified atom stereocenters. The van der Waals surface area contributed by atoms with Crippen LogP contribution in [0, 0.1) is 5.92 Å². The zero-order chi connectivity index (χ0) is 19.2. The Bertz CT molecular complexity index is 700. The molecule has 0 saturated heterocycles. The molecule has 0 bridgehead atoms. The molecular formula is C16H24N2O6S. The third-order valence-electron chi connectivity index (χ3n) is 3.21. The Hall–Kier alpha value is -2.29. The zero-order valence-corrected chi connectivity index (χ0v) is 15.5. The van der Waals surface area contributed by atoms with Gasteiger partial charge in [0.05, 0.1) is 12.0 Å². The van der Waals surface area contributed by atoms with Gasteiger partial charge in [0.1, 0.15) is 11.5 Å². The first-order valence-corrected chi connectivity index (χ1v) is 9.39.